The van der Waals surface area contributed by atoms with Crippen LogP contribution in [0.25, 0.3) is 11.8 Å². The third-order valence-electron chi connectivity index (χ3n) is 2.70. The van der Waals surface area contributed by atoms with Crippen LogP contribution in [0.3, 0.4) is 0 Å². The zero-order valence-corrected chi connectivity index (χ0v) is 10.4. The first-order valence-electron chi connectivity index (χ1n) is 5.45. The summed E-state index contributed by atoms with van der Waals surface area (Å²) in [6.07, 6.45) is 1.69. The number of carboxylic acids is 1. The first-order valence-corrected chi connectivity index (χ1v) is 5.45. The van der Waals surface area contributed by atoms with E-state index in [0.717, 1.165) is 0 Å². The number of rotatable bonds is 2. The number of phenolic OH excluding ortho intramolecular Hbond substituents is 1. The van der Waals surface area contributed by atoms with Crippen LogP contribution in [0.15, 0.2) is 17.1 Å². The molecule has 18 heavy (non-hydrogen) atoms. The molecule has 2 rings (SSSR count). The third kappa shape index (κ3) is 1.84. The molecular weight excluding hydrogens is 232 g/mol. The minimum atomic E-state index is -1.03. The molecule has 0 radical (unpaired) electrons. The summed E-state index contributed by atoms with van der Waals surface area (Å²) >= 11 is 0. The first kappa shape index (κ1) is 12.2. The van der Waals surface area contributed by atoms with E-state index >= 15 is 0 Å². The van der Waals surface area contributed by atoms with Crippen LogP contribution in [0.5, 0.6) is 5.75 Å². The largest absolute Gasteiger partial charge is 0.507 e. The molecule has 5 nitrogen and oxygen atoms in total. The van der Waals surface area contributed by atoms with Crippen molar-refractivity contribution in [2.24, 2.45) is 4.99 Å². The lowest BCUT2D eigenvalue weighted by atomic mass is 10.1. The summed E-state index contributed by atoms with van der Waals surface area (Å²) in [4.78, 5) is 17.3. The van der Waals surface area contributed by atoms with Crippen molar-refractivity contribution >= 4 is 29.1 Å². The van der Waals surface area contributed by atoms with Crippen molar-refractivity contribution in [1.29, 1.82) is 0 Å². The normalized spacial score (nSPS) is 14.5. The van der Waals surface area contributed by atoms with E-state index in [-0.39, 0.29) is 11.3 Å². The van der Waals surface area contributed by atoms with Gasteiger partial charge in [0.1, 0.15) is 5.75 Å². The van der Waals surface area contributed by atoms with E-state index in [9.17, 15) is 15.0 Å². The highest BCUT2D eigenvalue weighted by atomic mass is 16.4. The standard InChI is InChI=1S/C13H14N2O3/c1-7-11(13(17)18)12-8(6-15(2)3)10(16)5-4-9(12)14-7/h4-6,16H,1-3H3,(H,17,18)/b8-6-. The van der Waals surface area contributed by atoms with Crippen LogP contribution in [0.2, 0.25) is 0 Å². The highest BCUT2D eigenvalue weighted by Gasteiger charge is 2.21. The average Bonchev–Trinajstić information content (AvgIpc) is 2.58. The quantitative estimate of drug-likeness (QED) is 0.772. The van der Waals surface area contributed by atoms with Crippen LogP contribution >= 0.6 is 0 Å². The summed E-state index contributed by atoms with van der Waals surface area (Å²) < 4.78 is 0. The monoisotopic (exact) mass is 246 g/mol. The highest BCUT2D eigenvalue weighted by Crippen LogP contribution is 2.17. The van der Waals surface area contributed by atoms with Gasteiger partial charge < -0.3 is 15.1 Å². The van der Waals surface area contributed by atoms with Gasteiger partial charge in [-0.2, -0.15) is 0 Å². The number of aliphatic carboxylic acids is 1. The fourth-order valence-corrected chi connectivity index (χ4v) is 2.02. The Bertz CT molecular complexity index is 672. The summed E-state index contributed by atoms with van der Waals surface area (Å²) in [6.45, 7) is 1.65. The van der Waals surface area contributed by atoms with E-state index < -0.39 is 5.97 Å². The zero-order valence-electron chi connectivity index (χ0n) is 10.4. The van der Waals surface area contributed by atoms with Crippen molar-refractivity contribution in [3.05, 3.63) is 22.6 Å². The summed E-state index contributed by atoms with van der Waals surface area (Å²) in [5.41, 5.74) is 1.18. The fraction of sp³-hybridized carbons (Fsp3) is 0.231. The summed E-state index contributed by atoms with van der Waals surface area (Å²) in [5, 5.41) is 20.1. The second-order valence-corrected chi connectivity index (χ2v) is 4.36. The van der Waals surface area contributed by atoms with Crippen LogP contribution < -0.4 is 10.4 Å². The SMILES string of the molecule is CC1=Nc2ccc(O)/c(=C/N(C)C)c2=C1C(=O)O. The number of aromatic hydroxyl groups is 1. The Morgan fingerprint density at radius 1 is 1.39 bits per heavy atom. The molecule has 1 aromatic carbocycles. The number of fused-ring (bicyclic) bond motifs is 1. The van der Waals surface area contributed by atoms with Crippen molar-refractivity contribution in [3.63, 3.8) is 0 Å². The Kier molecular flexibility index (Phi) is 2.82. The fourth-order valence-electron chi connectivity index (χ4n) is 2.02. The number of phenols is 1. The van der Waals surface area contributed by atoms with E-state index in [1.165, 1.54) is 6.07 Å². The lowest BCUT2D eigenvalue weighted by molar-refractivity contribution is -0.130. The lowest BCUT2D eigenvalue weighted by Crippen LogP contribution is -2.31. The van der Waals surface area contributed by atoms with Gasteiger partial charge in [0.2, 0.25) is 0 Å². The molecule has 1 heterocycles. The second-order valence-electron chi connectivity index (χ2n) is 4.36. The number of benzene rings is 1. The van der Waals surface area contributed by atoms with Crippen LogP contribution in [0, 0.1) is 0 Å². The average molecular weight is 246 g/mol. The maximum absolute atomic E-state index is 11.3. The molecule has 1 aromatic rings. The van der Waals surface area contributed by atoms with Gasteiger partial charge >= 0.3 is 5.97 Å². The minimum absolute atomic E-state index is 0.0473. The van der Waals surface area contributed by atoms with Gasteiger partial charge in [-0.25, -0.2) is 4.79 Å². The van der Waals surface area contributed by atoms with Gasteiger partial charge in [-0.3, -0.25) is 4.99 Å². The number of nitrogens with zero attached hydrogens (tertiary/aromatic N) is 2. The van der Waals surface area contributed by atoms with Crippen molar-refractivity contribution in [1.82, 2.24) is 4.90 Å². The maximum atomic E-state index is 11.3. The molecule has 0 fully saturated rings. The third-order valence-corrected chi connectivity index (χ3v) is 2.70. The summed E-state index contributed by atoms with van der Waals surface area (Å²) in [7, 11) is 3.61. The van der Waals surface area contributed by atoms with E-state index in [1.807, 2.05) is 14.1 Å². The zero-order chi connectivity index (χ0) is 13.4. The molecule has 1 aliphatic heterocycles. The Hall–Kier alpha value is -2.30. The van der Waals surface area contributed by atoms with Crippen LogP contribution in [-0.2, 0) is 4.79 Å². The van der Waals surface area contributed by atoms with Crippen LogP contribution in [-0.4, -0.2) is 40.9 Å². The van der Waals surface area contributed by atoms with Gasteiger partial charge in [0.15, 0.2) is 0 Å². The van der Waals surface area contributed by atoms with Crippen molar-refractivity contribution in [2.45, 2.75) is 6.92 Å². The Balaban J connectivity index is 2.97. The Labute approximate surface area is 104 Å². The molecule has 0 saturated carbocycles. The molecule has 2 N–H and O–H groups in total. The van der Waals surface area contributed by atoms with Gasteiger partial charge in [0.05, 0.1) is 17.0 Å². The van der Waals surface area contributed by atoms with Crippen LogP contribution in [0.1, 0.15) is 6.92 Å². The molecule has 0 saturated heterocycles. The van der Waals surface area contributed by atoms with Crippen LogP contribution in [0.4, 0.5) is 5.69 Å². The number of carboxylic acid groups (broad SMARTS) is 1. The Morgan fingerprint density at radius 3 is 2.61 bits per heavy atom. The van der Waals surface area contributed by atoms with Gasteiger partial charge in [0.25, 0.3) is 0 Å². The molecule has 5 heteroatoms. The first-order chi connectivity index (χ1) is 8.41. The molecule has 0 spiro atoms. The van der Waals surface area contributed by atoms with E-state index in [1.54, 1.807) is 24.1 Å². The minimum Gasteiger partial charge on any atom is -0.507 e. The van der Waals surface area contributed by atoms with Gasteiger partial charge in [-0.1, -0.05) is 0 Å². The van der Waals surface area contributed by atoms with Crippen molar-refractivity contribution < 1.29 is 15.0 Å². The molecule has 1 aliphatic rings. The number of aliphatic imine (C=N–C) groups is 1. The molecule has 0 bridgehead atoms. The van der Waals surface area contributed by atoms with Gasteiger partial charge in [-0.05, 0) is 19.1 Å². The van der Waals surface area contributed by atoms with Crippen molar-refractivity contribution in [2.75, 3.05) is 14.1 Å². The molecule has 94 valence electrons. The van der Waals surface area contributed by atoms with E-state index in [2.05, 4.69) is 4.99 Å². The molecule has 0 atom stereocenters. The topological polar surface area (TPSA) is 73.1 Å². The number of hydrogen-bond acceptors (Lipinski definition) is 4. The van der Waals surface area contributed by atoms with Gasteiger partial charge in [-0.15, -0.1) is 0 Å². The van der Waals surface area contributed by atoms with Crippen molar-refractivity contribution in [3.8, 4) is 5.75 Å². The van der Waals surface area contributed by atoms with E-state index in [4.69, 9.17) is 0 Å². The Morgan fingerprint density at radius 2 is 2.06 bits per heavy atom. The summed E-state index contributed by atoms with van der Waals surface area (Å²) in [5.74, 6) is -0.986. The molecule has 0 unspecified atom stereocenters. The van der Waals surface area contributed by atoms with Gasteiger partial charge in [0, 0.05) is 30.7 Å². The second kappa shape index (κ2) is 4.18. The molecule has 0 amide bonds. The predicted molar refractivity (Wildman–Crippen MR) is 69.3 cm³/mol. The number of hydrogen-bond donors (Lipinski definition) is 2. The summed E-state index contributed by atoms with van der Waals surface area (Å²) in [6, 6.07) is 3.15. The number of carbonyl (C=O) groups is 1. The molecule has 0 aliphatic carbocycles. The predicted octanol–water partition coefficient (Wildman–Crippen LogP) is 0.0331. The molecule has 0 aromatic heterocycles. The lowest BCUT2D eigenvalue weighted by Gasteiger charge is -2.05. The van der Waals surface area contributed by atoms with E-state index in [0.29, 0.717) is 21.8 Å². The maximum Gasteiger partial charge on any atom is 0.338 e. The highest BCUT2D eigenvalue weighted by molar-refractivity contribution is 6.41. The molecular formula is C13H14N2O3. The smallest absolute Gasteiger partial charge is 0.338 e.